The average Bonchev–Trinajstić information content (AvgIpc) is 2.99. The molecule has 0 aromatic heterocycles. The zero-order valence-corrected chi connectivity index (χ0v) is 19.4. The maximum atomic E-state index is 13.1. The highest BCUT2D eigenvalue weighted by Crippen LogP contribution is 2.18. The molecule has 1 N–H and O–H groups in total. The molecule has 10 heteroatoms. The molecule has 34 heavy (non-hydrogen) atoms. The highest BCUT2D eigenvalue weighted by atomic mass is 32.2. The number of rotatable bonds is 7. The SMILES string of the molecule is Cc1ccc(/C=C/S(=O)(=O)NCC(=O)OC2CCCCN(C(=O)c3ccc(F)cc3)C2=O)cc1. The van der Waals surface area contributed by atoms with Gasteiger partial charge in [0.1, 0.15) is 12.4 Å². The number of imide groups is 1. The number of carbonyl (C=O) groups excluding carboxylic acids is 3. The van der Waals surface area contributed by atoms with Crippen LogP contribution in [-0.4, -0.2) is 50.3 Å². The number of sulfonamides is 1. The van der Waals surface area contributed by atoms with Gasteiger partial charge in [0.15, 0.2) is 6.10 Å². The molecule has 2 aromatic carbocycles. The van der Waals surface area contributed by atoms with Crippen molar-refractivity contribution in [3.8, 4) is 0 Å². The van der Waals surface area contributed by atoms with Crippen molar-refractivity contribution < 1.29 is 31.9 Å². The lowest BCUT2D eigenvalue weighted by Gasteiger charge is -2.22. The number of hydrogen-bond donors (Lipinski definition) is 1. The third-order valence-corrected chi connectivity index (χ3v) is 6.23. The Hall–Kier alpha value is -3.37. The number of esters is 1. The van der Waals surface area contributed by atoms with Crippen LogP contribution in [0.4, 0.5) is 4.39 Å². The second-order valence-electron chi connectivity index (χ2n) is 7.86. The van der Waals surface area contributed by atoms with E-state index in [0.29, 0.717) is 18.4 Å². The van der Waals surface area contributed by atoms with Crippen LogP contribution in [0.1, 0.15) is 40.7 Å². The number of hydrogen-bond acceptors (Lipinski definition) is 6. The van der Waals surface area contributed by atoms with Gasteiger partial charge in [-0.2, -0.15) is 0 Å². The highest BCUT2D eigenvalue weighted by molar-refractivity contribution is 7.92. The minimum atomic E-state index is -3.92. The largest absolute Gasteiger partial charge is 0.451 e. The van der Waals surface area contributed by atoms with Crippen molar-refractivity contribution >= 4 is 33.9 Å². The van der Waals surface area contributed by atoms with Crippen LogP contribution in [0.5, 0.6) is 0 Å². The summed E-state index contributed by atoms with van der Waals surface area (Å²) in [5.41, 5.74) is 1.84. The van der Waals surface area contributed by atoms with Gasteiger partial charge in [0.05, 0.1) is 0 Å². The van der Waals surface area contributed by atoms with Crippen LogP contribution < -0.4 is 4.72 Å². The summed E-state index contributed by atoms with van der Waals surface area (Å²) >= 11 is 0. The van der Waals surface area contributed by atoms with Crippen LogP contribution in [0.15, 0.2) is 53.9 Å². The van der Waals surface area contributed by atoms with Gasteiger partial charge in [-0.1, -0.05) is 29.8 Å². The number of aryl methyl sites for hydroxylation is 1. The summed E-state index contributed by atoms with van der Waals surface area (Å²) < 4.78 is 44.8. The first-order valence-corrected chi connectivity index (χ1v) is 12.2. The van der Waals surface area contributed by atoms with Crippen molar-refractivity contribution in [2.24, 2.45) is 0 Å². The molecular weight excluding hydrogens is 463 g/mol. The van der Waals surface area contributed by atoms with E-state index in [2.05, 4.69) is 4.72 Å². The predicted molar refractivity (Wildman–Crippen MR) is 123 cm³/mol. The molecule has 2 aromatic rings. The van der Waals surface area contributed by atoms with Gasteiger partial charge in [0, 0.05) is 17.5 Å². The van der Waals surface area contributed by atoms with Crippen LogP contribution in [0.3, 0.4) is 0 Å². The van der Waals surface area contributed by atoms with E-state index in [9.17, 15) is 27.2 Å². The smallest absolute Gasteiger partial charge is 0.321 e. The summed E-state index contributed by atoms with van der Waals surface area (Å²) in [6.45, 7) is 1.38. The second kappa shape index (κ2) is 11.2. The van der Waals surface area contributed by atoms with Crippen molar-refractivity contribution in [1.82, 2.24) is 9.62 Å². The number of nitrogens with zero attached hydrogens (tertiary/aromatic N) is 1. The Bertz CT molecular complexity index is 1180. The number of amides is 2. The van der Waals surface area contributed by atoms with Gasteiger partial charge in [-0.3, -0.25) is 19.3 Å². The van der Waals surface area contributed by atoms with Crippen molar-refractivity contribution in [3.63, 3.8) is 0 Å². The van der Waals surface area contributed by atoms with Crippen molar-refractivity contribution in [3.05, 3.63) is 76.4 Å². The van der Waals surface area contributed by atoms with E-state index >= 15 is 0 Å². The maximum absolute atomic E-state index is 13.1. The first-order valence-electron chi connectivity index (χ1n) is 10.7. The molecular formula is C24H25FN2O6S. The third kappa shape index (κ3) is 7.06. The molecule has 1 aliphatic rings. The third-order valence-electron chi connectivity index (χ3n) is 5.18. The number of carbonyl (C=O) groups is 3. The molecule has 0 bridgehead atoms. The van der Waals surface area contributed by atoms with Gasteiger partial charge in [0.2, 0.25) is 10.0 Å². The van der Waals surface area contributed by atoms with E-state index in [1.54, 1.807) is 12.1 Å². The molecule has 8 nitrogen and oxygen atoms in total. The standard InChI is InChI=1S/C24H25FN2O6S/c1-17-5-7-18(8-6-17)13-15-34(31,32)26-16-22(28)33-21-4-2-3-14-27(24(21)30)23(29)19-9-11-20(25)12-10-19/h5-13,15,21,26H,2-4,14,16H2,1H3/b15-13+. The lowest BCUT2D eigenvalue weighted by atomic mass is 10.1. The molecule has 180 valence electrons. The summed E-state index contributed by atoms with van der Waals surface area (Å²) in [5, 5.41) is 0.935. The number of nitrogens with one attached hydrogen (secondary N) is 1. The van der Waals surface area contributed by atoms with Gasteiger partial charge in [-0.05, 0) is 62.1 Å². The van der Waals surface area contributed by atoms with Crippen molar-refractivity contribution in [2.45, 2.75) is 32.3 Å². The number of halogens is 1. The van der Waals surface area contributed by atoms with Crippen LogP contribution in [0.2, 0.25) is 0 Å². The summed E-state index contributed by atoms with van der Waals surface area (Å²) in [5.74, 6) is -2.76. The molecule has 2 amide bonds. The van der Waals surface area contributed by atoms with Crippen LogP contribution in [-0.2, 0) is 24.3 Å². The van der Waals surface area contributed by atoms with Gasteiger partial charge >= 0.3 is 5.97 Å². The number of likely N-dealkylation sites (tertiary alicyclic amines) is 1. The molecule has 1 unspecified atom stereocenters. The fraction of sp³-hybridized carbons (Fsp3) is 0.292. The van der Waals surface area contributed by atoms with Crippen molar-refractivity contribution in [2.75, 3.05) is 13.1 Å². The quantitative estimate of drug-likeness (QED) is 0.474. The number of ether oxygens (including phenoxy) is 1. The van der Waals surface area contributed by atoms with Crippen molar-refractivity contribution in [1.29, 1.82) is 0 Å². The topological polar surface area (TPSA) is 110 Å². The molecule has 0 saturated carbocycles. The van der Waals surface area contributed by atoms with Gasteiger partial charge in [-0.15, -0.1) is 0 Å². The maximum Gasteiger partial charge on any atom is 0.321 e. The monoisotopic (exact) mass is 488 g/mol. The van der Waals surface area contributed by atoms with Gasteiger partial charge in [-0.25, -0.2) is 17.5 Å². The van der Waals surface area contributed by atoms with Gasteiger partial charge < -0.3 is 4.74 Å². The summed E-state index contributed by atoms with van der Waals surface area (Å²) in [6.07, 6.45) is 1.43. The molecule has 1 fully saturated rings. The van der Waals surface area contributed by atoms with E-state index in [4.69, 9.17) is 4.74 Å². The molecule has 1 heterocycles. The zero-order valence-electron chi connectivity index (χ0n) is 18.6. The van der Waals surface area contributed by atoms with E-state index in [-0.39, 0.29) is 18.5 Å². The Morgan fingerprint density at radius 1 is 1.12 bits per heavy atom. The summed E-state index contributed by atoms with van der Waals surface area (Å²) in [6, 6.07) is 12.0. The molecule has 1 aliphatic heterocycles. The lowest BCUT2D eigenvalue weighted by molar-refractivity contribution is -0.157. The Labute approximate surface area is 197 Å². The van der Waals surface area contributed by atoms with Crippen LogP contribution >= 0.6 is 0 Å². The van der Waals surface area contributed by atoms with Gasteiger partial charge in [0.25, 0.3) is 11.8 Å². The molecule has 1 saturated heterocycles. The van der Waals surface area contributed by atoms with E-state index in [1.165, 1.54) is 18.2 Å². The first-order chi connectivity index (χ1) is 16.1. The lowest BCUT2D eigenvalue weighted by Crippen LogP contribution is -2.44. The van der Waals surface area contributed by atoms with E-state index in [1.807, 2.05) is 19.1 Å². The molecule has 0 aliphatic carbocycles. The molecule has 1 atom stereocenters. The normalized spacial score (nSPS) is 16.9. The summed E-state index contributed by atoms with van der Waals surface area (Å²) in [7, 11) is -3.92. The zero-order chi connectivity index (χ0) is 24.7. The molecule has 3 rings (SSSR count). The Kier molecular flexibility index (Phi) is 8.30. The minimum Gasteiger partial charge on any atom is -0.451 e. The minimum absolute atomic E-state index is 0.134. The Morgan fingerprint density at radius 2 is 1.79 bits per heavy atom. The average molecular weight is 489 g/mol. The van der Waals surface area contributed by atoms with Crippen LogP contribution in [0, 0.1) is 12.7 Å². The molecule has 0 radical (unpaired) electrons. The highest BCUT2D eigenvalue weighted by Gasteiger charge is 2.34. The molecule has 0 spiro atoms. The Balaban J connectivity index is 1.58. The summed E-state index contributed by atoms with van der Waals surface area (Å²) in [4.78, 5) is 38.8. The predicted octanol–water partition coefficient (Wildman–Crippen LogP) is 2.79. The number of benzene rings is 2. The van der Waals surface area contributed by atoms with E-state index in [0.717, 1.165) is 28.0 Å². The Morgan fingerprint density at radius 3 is 2.47 bits per heavy atom. The fourth-order valence-corrected chi connectivity index (χ4v) is 4.07. The van der Waals surface area contributed by atoms with Crippen LogP contribution in [0.25, 0.3) is 6.08 Å². The second-order valence-corrected chi connectivity index (χ2v) is 9.51. The first kappa shape index (κ1) is 25.3. The fourth-order valence-electron chi connectivity index (χ4n) is 3.32. The van der Waals surface area contributed by atoms with E-state index < -0.39 is 46.3 Å².